The monoisotopic (exact) mass is 311 g/mol. The fourth-order valence-corrected chi connectivity index (χ4v) is 2.30. The van der Waals surface area contributed by atoms with Gasteiger partial charge in [0.1, 0.15) is 11.3 Å². The van der Waals surface area contributed by atoms with Gasteiger partial charge in [-0.3, -0.25) is 4.79 Å². The fraction of sp³-hybridized carbons (Fsp3) is 0.600. The largest absolute Gasteiger partial charge is 0.478 e. The van der Waals surface area contributed by atoms with Crippen LogP contribution in [0.4, 0.5) is 0 Å². The third kappa shape index (κ3) is 3.66. The van der Waals surface area contributed by atoms with E-state index in [1.165, 1.54) is 6.07 Å². The number of aromatic carboxylic acids is 1. The number of carboxylic acids is 1. The number of ether oxygens (including phenoxy) is 2. The molecular weight excluding hydrogens is 290 g/mol. The Morgan fingerprint density at radius 3 is 2.68 bits per heavy atom. The summed E-state index contributed by atoms with van der Waals surface area (Å²) >= 11 is 0. The van der Waals surface area contributed by atoms with E-state index in [4.69, 9.17) is 19.0 Å². The van der Waals surface area contributed by atoms with Crippen molar-refractivity contribution in [3.05, 3.63) is 23.2 Å². The van der Waals surface area contributed by atoms with Gasteiger partial charge < -0.3 is 23.9 Å². The average molecular weight is 311 g/mol. The molecule has 1 amide bonds. The summed E-state index contributed by atoms with van der Waals surface area (Å²) in [4.78, 5) is 24.9. The van der Waals surface area contributed by atoms with E-state index in [0.717, 1.165) is 6.42 Å². The molecule has 7 heteroatoms. The second kappa shape index (κ2) is 7.42. The van der Waals surface area contributed by atoms with Crippen LogP contribution in [0.1, 0.15) is 40.0 Å². The van der Waals surface area contributed by atoms with E-state index < -0.39 is 5.97 Å². The second-order valence-corrected chi connectivity index (χ2v) is 5.16. The van der Waals surface area contributed by atoms with Gasteiger partial charge in [0.05, 0.1) is 6.10 Å². The smallest absolute Gasteiger partial charge is 0.339 e. The van der Waals surface area contributed by atoms with E-state index in [1.807, 2.05) is 0 Å². The van der Waals surface area contributed by atoms with Crippen molar-refractivity contribution in [2.24, 2.45) is 0 Å². The summed E-state index contributed by atoms with van der Waals surface area (Å²) in [7, 11) is 1.64. The van der Waals surface area contributed by atoms with E-state index in [-0.39, 0.29) is 23.3 Å². The van der Waals surface area contributed by atoms with Gasteiger partial charge in [-0.2, -0.15) is 0 Å². The first-order chi connectivity index (χ1) is 10.6. The number of furan rings is 1. The van der Waals surface area contributed by atoms with Crippen molar-refractivity contribution < 1.29 is 28.6 Å². The molecule has 22 heavy (non-hydrogen) atoms. The normalized spacial score (nSPS) is 14.9. The molecule has 1 aliphatic heterocycles. The molecule has 2 rings (SSSR count). The number of likely N-dealkylation sites (tertiary alicyclic amines) is 1. The number of methoxy groups -OCH3 is 1. The molecule has 0 spiro atoms. The molecule has 0 aromatic carbocycles. The quantitative estimate of drug-likeness (QED) is 0.730. The number of carboxylic acid groups (broad SMARTS) is 1. The summed E-state index contributed by atoms with van der Waals surface area (Å²) in [6.07, 6.45) is 1.28. The third-order valence-electron chi connectivity index (χ3n) is 3.55. The van der Waals surface area contributed by atoms with Crippen LogP contribution in [-0.4, -0.2) is 61.4 Å². The summed E-state index contributed by atoms with van der Waals surface area (Å²) in [6.45, 7) is 4.03. The molecule has 7 nitrogen and oxygen atoms in total. The number of amides is 1. The summed E-state index contributed by atoms with van der Waals surface area (Å²) in [5, 5.41) is 9.07. The number of carbonyl (C=O) groups is 2. The van der Waals surface area contributed by atoms with Crippen molar-refractivity contribution in [3.63, 3.8) is 0 Å². The molecule has 1 saturated heterocycles. The van der Waals surface area contributed by atoms with Crippen molar-refractivity contribution in [1.82, 2.24) is 4.90 Å². The number of carbonyl (C=O) groups excluding carboxylic acids is 1. The minimum Gasteiger partial charge on any atom is -0.478 e. The van der Waals surface area contributed by atoms with E-state index in [0.29, 0.717) is 38.5 Å². The maximum Gasteiger partial charge on any atom is 0.339 e. The molecule has 0 saturated carbocycles. The Labute approximate surface area is 128 Å². The first-order valence-corrected chi connectivity index (χ1v) is 7.32. The van der Waals surface area contributed by atoms with Gasteiger partial charge in [-0.05, 0) is 6.42 Å². The molecule has 0 atom stereocenters. The van der Waals surface area contributed by atoms with Gasteiger partial charge >= 0.3 is 5.97 Å². The number of rotatable bonds is 8. The third-order valence-corrected chi connectivity index (χ3v) is 3.55. The molecule has 1 aromatic heterocycles. The maximum atomic E-state index is 12.2. The van der Waals surface area contributed by atoms with Crippen molar-refractivity contribution in [2.45, 2.75) is 25.9 Å². The molecule has 0 unspecified atom stereocenters. The van der Waals surface area contributed by atoms with E-state index in [1.54, 1.807) is 18.9 Å². The highest BCUT2D eigenvalue weighted by Gasteiger charge is 2.34. The van der Waals surface area contributed by atoms with Gasteiger partial charge in [0.2, 0.25) is 0 Å². The second-order valence-electron chi connectivity index (χ2n) is 5.16. The molecule has 2 heterocycles. The molecule has 0 aliphatic carbocycles. The Bertz CT molecular complexity index is 532. The molecule has 1 fully saturated rings. The van der Waals surface area contributed by atoms with E-state index in [2.05, 4.69) is 0 Å². The first kappa shape index (κ1) is 16.5. The molecule has 1 aliphatic rings. The number of aryl methyl sites for hydroxylation is 1. The lowest BCUT2D eigenvalue weighted by molar-refractivity contribution is -0.0473. The molecular formula is C15H21NO6. The topological polar surface area (TPSA) is 89.2 Å². The zero-order valence-electron chi connectivity index (χ0n) is 12.8. The highest BCUT2D eigenvalue weighted by molar-refractivity contribution is 5.96. The van der Waals surface area contributed by atoms with Crippen LogP contribution in [0.3, 0.4) is 0 Å². The van der Waals surface area contributed by atoms with Crippen LogP contribution in [0.5, 0.6) is 0 Å². The van der Waals surface area contributed by atoms with Gasteiger partial charge in [0, 0.05) is 45.9 Å². The van der Waals surface area contributed by atoms with E-state index >= 15 is 0 Å². The summed E-state index contributed by atoms with van der Waals surface area (Å²) in [5.41, 5.74) is 0.0544. The average Bonchev–Trinajstić information content (AvgIpc) is 2.89. The minimum absolute atomic E-state index is 0.0281. The maximum absolute atomic E-state index is 12.2. The summed E-state index contributed by atoms with van der Waals surface area (Å²) in [5.74, 6) is -0.975. The first-order valence-electron chi connectivity index (χ1n) is 7.32. The lowest BCUT2D eigenvalue weighted by Gasteiger charge is -2.38. The Kier molecular flexibility index (Phi) is 5.57. The Balaban J connectivity index is 1.85. The van der Waals surface area contributed by atoms with Gasteiger partial charge in [0.25, 0.3) is 5.91 Å². The van der Waals surface area contributed by atoms with Gasteiger partial charge in [0.15, 0.2) is 5.76 Å². The van der Waals surface area contributed by atoms with Crippen LogP contribution in [0, 0.1) is 0 Å². The van der Waals surface area contributed by atoms with Crippen LogP contribution in [0.15, 0.2) is 10.5 Å². The van der Waals surface area contributed by atoms with Crippen molar-refractivity contribution in [2.75, 3.05) is 33.4 Å². The highest BCUT2D eigenvalue weighted by Crippen LogP contribution is 2.21. The van der Waals surface area contributed by atoms with Gasteiger partial charge in [-0.1, -0.05) is 6.92 Å². The molecule has 1 aromatic rings. The summed E-state index contributed by atoms with van der Waals surface area (Å²) < 4.78 is 15.9. The molecule has 122 valence electrons. The highest BCUT2D eigenvalue weighted by atomic mass is 16.5. The lowest BCUT2D eigenvalue weighted by Crippen LogP contribution is -2.54. The van der Waals surface area contributed by atoms with Gasteiger partial charge in [-0.25, -0.2) is 4.79 Å². The van der Waals surface area contributed by atoms with Crippen LogP contribution in [0.25, 0.3) is 0 Å². The van der Waals surface area contributed by atoms with Crippen molar-refractivity contribution >= 4 is 11.9 Å². The lowest BCUT2D eigenvalue weighted by atomic mass is 10.1. The van der Waals surface area contributed by atoms with Crippen LogP contribution >= 0.6 is 0 Å². The van der Waals surface area contributed by atoms with E-state index in [9.17, 15) is 9.59 Å². The van der Waals surface area contributed by atoms with Crippen LogP contribution < -0.4 is 0 Å². The predicted molar refractivity (Wildman–Crippen MR) is 77.2 cm³/mol. The van der Waals surface area contributed by atoms with Gasteiger partial charge in [-0.15, -0.1) is 0 Å². The fourth-order valence-electron chi connectivity index (χ4n) is 2.30. The summed E-state index contributed by atoms with van der Waals surface area (Å²) in [6, 6.07) is 1.30. The molecule has 1 N–H and O–H groups in total. The minimum atomic E-state index is -1.08. The Morgan fingerprint density at radius 2 is 2.14 bits per heavy atom. The molecule has 0 radical (unpaired) electrons. The Hall–Kier alpha value is -1.86. The Morgan fingerprint density at radius 1 is 1.41 bits per heavy atom. The number of hydrogen-bond acceptors (Lipinski definition) is 5. The zero-order valence-corrected chi connectivity index (χ0v) is 12.8. The predicted octanol–water partition coefficient (Wildman–Crippen LogP) is 1.42. The van der Waals surface area contributed by atoms with Crippen molar-refractivity contribution in [1.29, 1.82) is 0 Å². The van der Waals surface area contributed by atoms with Crippen LogP contribution in [-0.2, 0) is 15.9 Å². The molecule has 0 bridgehead atoms. The zero-order chi connectivity index (χ0) is 16.1. The van der Waals surface area contributed by atoms with Crippen LogP contribution in [0.2, 0.25) is 0 Å². The number of hydrogen-bond donors (Lipinski definition) is 1. The standard InChI is InChI=1S/C15H21NO6/c1-3-12-11(15(18)19)7-13(22-12)14(17)16-8-10(9-16)21-6-4-5-20-2/h7,10H,3-6,8-9H2,1-2H3,(H,18,19). The van der Waals surface area contributed by atoms with Crippen molar-refractivity contribution in [3.8, 4) is 0 Å². The SMILES string of the molecule is CCc1oc(C(=O)N2CC(OCCCOC)C2)cc1C(=O)O. The number of nitrogens with zero attached hydrogens (tertiary/aromatic N) is 1.